The molecule has 0 bridgehead atoms. The van der Waals surface area contributed by atoms with Gasteiger partial charge < -0.3 is 25.2 Å². The van der Waals surface area contributed by atoms with E-state index < -0.39 is 11.2 Å². The molecule has 3 aliphatic rings. The first-order valence-corrected chi connectivity index (χ1v) is 13.9. The maximum absolute atomic E-state index is 11.7. The van der Waals surface area contributed by atoms with Crippen LogP contribution < -0.4 is 10.1 Å². The molecular formula is C32H39ClN2O3. The molecule has 2 aromatic carbocycles. The number of nitrogens with zero attached hydrogens (tertiary/aromatic N) is 1. The van der Waals surface area contributed by atoms with Crippen LogP contribution in [0.2, 0.25) is 5.02 Å². The Morgan fingerprint density at radius 2 is 1.92 bits per heavy atom. The highest BCUT2D eigenvalue weighted by Crippen LogP contribution is 2.46. The minimum absolute atomic E-state index is 0.317. The molecule has 0 spiro atoms. The number of allylic oxidation sites excluding steroid dienone is 3. The Hall–Kier alpha value is -2.57. The van der Waals surface area contributed by atoms with Crippen LogP contribution in [0.3, 0.4) is 0 Å². The summed E-state index contributed by atoms with van der Waals surface area (Å²) >= 11 is 6.10. The predicted octanol–water partition coefficient (Wildman–Crippen LogP) is 5.77. The highest BCUT2D eigenvalue weighted by Gasteiger charge is 2.48. The first kappa shape index (κ1) is 27.0. The monoisotopic (exact) mass is 534 g/mol. The van der Waals surface area contributed by atoms with Gasteiger partial charge in [0.2, 0.25) is 0 Å². The SMILES string of the molecule is CC(C)(O)c1ccc2c(c1)C(=CCCN1CCC(O)(c3ccc(Cl)cc3)C(C)(C)C1)C1=C(CO2)NCC=C1. The van der Waals surface area contributed by atoms with E-state index in [4.69, 9.17) is 16.3 Å². The lowest BCUT2D eigenvalue weighted by molar-refractivity contribution is -0.125. The summed E-state index contributed by atoms with van der Waals surface area (Å²) in [7, 11) is 0. The van der Waals surface area contributed by atoms with Crippen LogP contribution in [0.5, 0.6) is 5.75 Å². The zero-order valence-corrected chi connectivity index (χ0v) is 23.6. The molecule has 38 heavy (non-hydrogen) atoms. The number of benzene rings is 2. The summed E-state index contributed by atoms with van der Waals surface area (Å²) in [5, 5.41) is 26.6. The summed E-state index contributed by atoms with van der Waals surface area (Å²) in [5.41, 5.74) is 4.04. The van der Waals surface area contributed by atoms with E-state index in [1.54, 1.807) is 0 Å². The minimum Gasteiger partial charge on any atom is -0.487 e. The number of hydrogen-bond acceptors (Lipinski definition) is 5. The molecule has 3 heterocycles. The summed E-state index contributed by atoms with van der Waals surface area (Å²) in [6.07, 6.45) is 8.17. The summed E-state index contributed by atoms with van der Waals surface area (Å²) in [6.45, 7) is 11.7. The molecule has 1 fully saturated rings. The van der Waals surface area contributed by atoms with E-state index in [9.17, 15) is 10.2 Å². The average Bonchev–Trinajstić information content (AvgIpc) is 3.02. The number of ether oxygens (including phenoxy) is 1. The lowest BCUT2D eigenvalue weighted by Crippen LogP contribution is -2.55. The van der Waals surface area contributed by atoms with Crippen molar-refractivity contribution in [2.75, 3.05) is 32.8 Å². The third-order valence-electron chi connectivity index (χ3n) is 8.33. The topological polar surface area (TPSA) is 65.0 Å². The third kappa shape index (κ3) is 5.17. The number of rotatable bonds is 5. The number of piperidine rings is 1. The van der Waals surface area contributed by atoms with Gasteiger partial charge in [0.25, 0.3) is 0 Å². The van der Waals surface area contributed by atoms with E-state index in [1.165, 1.54) is 0 Å². The first-order valence-electron chi connectivity index (χ1n) is 13.5. The Morgan fingerprint density at radius 3 is 2.63 bits per heavy atom. The first-order chi connectivity index (χ1) is 18.0. The highest BCUT2D eigenvalue weighted by molar-refractivity contribution is 6.30. The predicted molar refractivity (Wildman–Crippen MR) is 154 cm³/mol. The largest absolute Gasteiger partial charge is 0.487 e. The van der Waals surface area contributed by atoms with Crippen molar-refractivity contribution in [3.63, 3.8) is 0 Å². The van der Waals surface area contributed by atoms with Crippen LogP contribution in [0.15, 0.2) is 72.0 Å². The van der Waals surface area contributed by atoms with E-state index in [0.717, 1.165) is 71.9 Å². The Labute approximate surface area is 231 Å². The van der Waals surface area contributed by atoms with Gasteiger partial charge in [0, 0.05) is 47.8 Å². The van der Waals surface area contributed by atoms with Gasteiger partial charge >= 0.3 is 0 Å². The fourth-order valence-electron chi connectivity index (χ4n) is 5.97. The van der Waals surface area contributed by atoms with E-state index in [2.05, 4.69) is 48.4 Å². The fraction of sp³-hybridized carbons (Fsp3) is 0.438. The number of aliphatic hydroxyl groups is 2. The molecule has 1 atom stereocenters. The highest BCUT2D eigenvalue weighted by atomic mass is 35.5. The molecule has 0 aliphatic carbocycles. The van der Waals surface area contributed by atoms with Gasteiger partial charge in [-0.15, -0.1) is 0 Å². The van der Waals surface area contributed by atoms with Gasteiger partial charge in [0.1, 0.15) is 12.4 Å². The number of dihydropyridines is 1. The van der Waals surface area contributed by atoms with Crippen LogP contribution in [-0.2, 0) is 11.2 Å². The van der Waals surface area contributed by atoms with E-state index in [0.29, 0.717) is 18.1 Å². The molecule has 202 valence electrons. The number of likely N-dealkylation sites (tertiary alicyclic amines) is 1. The zero-order valence-electron chi connectivity index (χ0n) is 22.9. The van der Waals surface area contributed by atoms with Crippen LogP contribution >= 0.6 is 11.6 Å². The van der Waals surface area contributed by atoms with Gasteiger partial charge in [-0.05, 0) is 67.7 Å². The molecule has 0 saturated carbocycles. The number of fused-ring (bicyclic) bond motifs is 1. The zero-order chi connectivity index (χ0) is 27.1. The Bertz CT molecular complexity index is 1290. The van der Waals surface area contributed by atoms with E-state index in [-0.39, 0.29) is 5.41 Å². The van der Waals surface area contributed by atoms with E-state index >= 15 is 0 Å². The Morgan fingerprint density at radius 1 is 1.16 bits per heavy atom. The van der Waals surface area contributed by atoms with Gasteiger partial charge in [-0.25, -0.2) is 0 Å². The summed E-state index contributed by atoms with van der Waals surface area (Å²) in [5.74, 6) is 0.834. The molecule has 1 unspecified atom stereocenters. The second-order valence-corrected chi connectivity index (χ2v) is 12.4. The molecule has 6 heteroatoms. The fourth-order valence-corrected chi connectivity index (χ4v) is 6.09. The van der Waals surface area contributed by atoms with Crippen molar-refractivity contribution in [1.82, 2.24) is 10.2 Å². The normalized spacial score (nSPS) is 24.3. The van der Waals surface area contributed by atoms with Crippen molar-refractivity contribution in [3.05, 3.63) is 93.7 Å². The van der Waals surface area contributed by atoms with Gasteiger partial charge in [-0.1, -0.05) is 61.9 Å². The second-order valence-electron chi connectivity index (χ2n) is 11.9. The van der Waals surface area contributed by atoms with Crippen molar-refractivity contribution in [2.24, 2.45) is 5.41 Å². The molecule has 5 nitrogen and oxygen atoms in total. The number of nitrogens with one attached hydrogen (secondary N) is 1. The smallest absolute Gasteiger partial charge is 0.128 e. The molecule has 0 aromatic heterocycles. The van der Waals surface area contributed by atoms with Crippen LogP contribution in [0.25, 0.3) is 5.57 Å². The van der Waals surface area contributed by atoms with Crippen molar-refractivity contribution < 1.29 is 14.9 Å². The molecule has 3 N–H and O–H groups in total. The quantitative estimate of drug-likeness (QED) is 0.455. The van der Waals surface area contributed by atoms with Gasteiger partial charge in [-0.2, -0.15) is 0 Å². The molecule has 5 rings (SSSR count). The molecule has 1 saturated heterocycles. The van der Waals surface area contributed by atoms with Crippen molar-refractivity contribution >= 4 is 17.2 Å². The van der Waals surface area contributed by atoms with Crippen LogP contribution in [0.4, 0.5) is 0 Å². The van der Waals surface area contributed by atoms with Gasteiger partial charge in [-0.3, -0.25) is 0 Å². The summed E-state index contributed by atoms with van der Waals surface area (Å²) < 4.78 is 6.19. The number of halogens is 1. The average molecular weight is 535 g/mol. The van der Waals surface area contributed by atoms with Crippen molar-refractivity contribution in [2.45, 2.75) is 51.7 Å². The maximum atomic E-state index is 11.7. The van der Waals surface area contributed by atoms with Crippen molar-refractivity contribution in [1.29, 1.82) is 0 Å². The number of hydrogen-bond donors (Lipinski definition) is 3. The lowest BCUT2D eigenvalue weighted by atomic mass is 9.66. The van der Waals surface area contributed by atoms with E-state index in [1.807, 2.05) is 50.2 Å². The van der Waals surface area contributed by atoms with Gasteiger partial charge in [0.05, 0.1) is 16.9 Å². The summed E-state index contributed by atoms with van der Waals surface area (Å²) in [4.78, 5) is 2.45. The summed E-state index contributed by atoms with van der Waals surface area (Å²) in [6, 6.07) is 13.6. The minimum atomic E-state index is -0.940. The standard InChI is InChI=1S/C32H39ClN2O3/c1-30(2)21-35(18-15-32(30,37)22-9-12-24(33)13-10-22)17-6-8-25-26-7-5-16-34-28(26)20-38-29-14-11-23(19-27(25)29)31(3,4)36/h5,7-14,19,34,36-37H,6,15-18,20-21H2,1-4H3. The lowest BCUT2D eigenvalue weighted by Gasteiger charge is -2.50. The van der Waals surface area contributed by atoms with Crippen molar-refractivity contribution in [3.8, 4) is 5.75 Å². The second kappa shape index (κ2) is 10.2. The Balaban J connectivity index is 1.38. The molecular weight excluding hydrogens is 496 g/mol. The molecule has 0 radical (unpaired) electrons. The maximum Gasteiger partial charge on any atom is 0.128 e. The molecule has 0 amide bonds. The van der Waals surface area contributed by atoms with Crippen LogP contribution in [0, 0.1) is 5.41 Å². The van der Waals surface area contributed by atoms with Crippen LogP contribution in [0.1, 0.15) is 57.2 Å². The molecule has 3 aliphatic heterocycles. The van der Waals surface area contributed by atoms with Gasteiger partial charge in [0.15, 0.2) is 0 Å². The Kier molecular flexibility index (Phi) is 7.25. The molecule has 2 aromatic rings. The third-order valence-corrected chi connectivity index (χ3v) is 8.58. The van der Waals surface area contributed by atoms with Crippen LogP contribution in [-0.4, -0.2) is 47.9 Å².